The summed E-state index contributed by atoms with van der Waals surface area (Å²) in [6.07, 6.45) is 8.30. The van der Waals surface area contributed by atoms with E-state index in [-0.39, 0.29) is 24.4 Å². The van der Waals surface area contributed by atoms with Gasteiger partial charge in [-0.1, -0.05) is 0 Å². The molecule has 0 aliphatic carbocycles. The van der Waals surface area contributed by atoms with Crippen LogP contribution in [0, 0.1) is 5.92 Å². The molecule has 2 aliphatic heterocycles. The van der Waals surface area contributed by atoms with Gasteiger partial charge in [-0.2, -0.15) is 0 Å². The van der Waals surface area contributed by atoms with Crippen molar-refractivity contribution in [3.63, 3.8) is 0 Å². The average Bonchev–Trinajstić information content (AvgIpc) is 3.20. The third-order valence-corrected chi connectivity index (χ3v) is 4.89. The lowest BCUT2D eigenvalue weighted by Gasteiger charge is -2.31. The Kier molecular flexibility index (Phi) is 4.87. The Labute approximate surface area is 157 Å². The Bertz CT molecular complexity index is 879. The van der Waals surface area contributed by atoms with Gasteiger partial charge >= 0.3 is 0 Å². The van der Waals surface area contributed by atoms with Crippen LogP contribution in [0.3, 0.4) is 0 Å². The normalized spacial score (nSPS) is 18.7. The smallest absolute Gasteiger partial charge is 0.246 e. The van der Waals surface area contributed by atoms with Crippen molar-refractivity contribution in [3.8, 4) is 11.5 Å². The molecule has 1 fully saturated rings. The number of ether oxygens (including phenoxy) is 2. The van der Waals surface area contributed by atoms with Crippen LogP contribution in [0.2, 0.25) is 0 Å². The van der Waals surface area contributed by atoms with Gasteiger partial charge in [-0.15, -0.1) is 0 Å². The number of nitrogens with zero attached hydrogens (tertiary/aromatic N) is 2. The third kappa shape index (κ3) is 3.84. The molecule has 0 radical (unpaired) electrons. The number of pyridine rings is 1. The minimum atomic E-state index is -0.197. The summed E-state index contributed by atoms with van der Waals surface area (Å²) in [6, 6.07) is 8.94. The summed E-state index contributed by atoms with van der Waals surface area (Å²) >= 11 is 0. The number of amides is 1. The molecule has 6 nitrogen and oxygen atoms in total. The van der Waals surface area contributed by atoms with E-state index in [0.717, 1.165) is 18.4 Å². The lowest BCUT2D eigenvalue weighted by molar-refractivity contribution is -0.127. The zero-order valence-electron chi connectivity index (χ0n) is 14.8. The number of likely N-dealkylation sites (tertiary alicyclic amines) is 1. The van der Waals surface area contributed by atoms with E-state index >= 15 is 0 Å². The number of fused-ring (bicyclic) bond motifs is 1. The summed E-state index contributed by atoms with van der Waals surface area (Å²) in [5, 5.41) is 0. The van der Waals surface area contributed by atoms with E-state index in [9.17, 15) is 9.59 Å². The highest BCUT2D eigenvalue weighted by molar-refractivity contribution is 5.99. The van der Waals surface area contributed by atoms with Crippen molar-refractivity contribution in [3.05, 3.63) is 59.9 Å². The molecule has 0 saturated carbocycles. The molecule has 0 bridgehead atoms. The van der Waals surface area contributed by atoms with Gasteiger partial charge in [0.05, 0.1) is 0 Å². The summed E-state index contributed by atoms with van der Waals surface area (Å²) in [7, 11) is 0. The van der Waals surface area contributed by atoms with Crippen LogP contribution >= 0.6 is 0 Å². The number of piperidine rings is 1. The zero-order valence-corrected chi connectivity index (χ0v) is 14.8. The van der Waals surface area contributed by atoms with Crippen LogP contribution in [0.5, 0.6) is 11.5 Å². The van der Waals surface area contributed by atoms with Crippen LogP contribution in [0.4, 0.5) is 0 Å². The Morgan fingerprint density at radius 1 is 1.11 bits per heavy atom. The van der Waals surface area contributed by atoms with E-state index in [0.29, 0.717) is 30.2 Å². The van der Waals surface area contributed by atoms with Crippen LogP contribution in [0.1, 0.15) is 28.8 Å². The predicted molar refractivity (Wildman–Crippen MR) is 99.5 cm³/mol. The molecule has 1 amide bonds. The van der Waals surface area contributed by atoms with Crippen LogP contribution in [0.25, 0.3) is 6.08 Å². The summed E-state index contributed by atoms with van der Waals surface area (Å²) in [5.41, 5.74) is 1.52. The number of hydrogen-bond acceptors (Lipinski definition) is 5. The molecular formula is C21H20N2O4. The average molecular weight is 364 g/mol. The molecule has 1 unspecified atom stereocenters. The number of aromatic nitrogens is 1. The lowest BCUT2D eigenvalue weighted by Crippen LogP contribution is -2.41. The van der Waals surface area contributed by atoms with Crippen molar-refractivity contribution >= 4 is 17.8 Å². The Hall–Kier alpha value is -3.15. The van der Waals surface area contributed by atoms with E-state index < -0.39 is 0 Å². The summed E-state index contributed by atoms with van der Waals surface area (Å²) in [4.78, 5) is 31.1. The van der Waals surface area contributed by atoms with Gasteiger partial charge in [0.15, 0.2) is 17.3 Å². The van der Waals surface area contributed by atoms with Crippen molar-refractivity contribution in [2.45, 2.75) is 12.8 Å². The first-order valence-electron chi connectivity index (χ1n) is 9.01. The Morgan fingerprint density at radius 2 is 1.93 bits per heavy atom. The molecule has 138 valence electrons. The highest BCUT2D eigenvalue weighted by Gasteiger charge is 2.29. The summed E-state index contributed by atoms with van der Waals surface area (Å²) < 4.78 is 10.7. The molecule has 1 aromatic heterocycles. The van der Waals surface area contributed by atoms with E-state index in [1.807, 2.05) is 12.1 Å². The topological polar surface area (TPSA) is 68.7 Å². The quantitative estimate of drug-likeness (QED) is 0.616. The van der Waals surface area contributed by atoms with Crippen molar-refractivity contribution < 1.29 is 19.1 Å². The number of carbonyl (C=O) groups is 2. The second-order valence-electron chi connectivity index (χ2n) is 6.67. The molecule has 27 heavy (non-hydrogen) atoms. The second-order valence-corrected chi connectivity index (χ2v) is 6.67. The van der Waals surface area contributed by atoms with Crippen LogP contribution in [0.15, 0.2) is 48.8 Å². The fourth-order valence-electron chi connectivity index (χ4n) is 3.42. The highest BCUT2D eigenvalue weighted by Crippen LogP contribution is 2.33. The molecule has 2 aromatic rings. The molecule has 4 rings (SSSR count). The Morgan fingerprint density at radius 3 is 2.78 bits per heavy atom. The molecule has 3 heterocycles. The van der Waals surface area contributed by atoms with Crippen molar-refractivity contribution in [2.75, 3.05) is 19.9 Å². The maximum Gasteiger partial charge on any atom is 0.246 e. The van der Waals surface area contributed by atoms with Gasteiger partial charge < -0.3 is 14.4 Å². The van der Waals surface area contributed by atoms with E-state index in [4.69, 9.17) is 9.47 Å². The van der Waals surface area contributed by atoms with Gasteiger partial charge in [0.2, 0.25) is 12.7 Å². The molecule has 1 atom stereocenters. The molecule has 0 N–H and O–H groups in total. The minimum absolute atomic E-state index is 0.0453. The van der Waals surface area contributed by atoms with Gasteiger partial charge in [0, 0.05) is 43.0 Å². The predicted octanol–water partition coefficient (Wildman–Crippen LogP) is 2.95. The number of ketones is 1. The van der Waals surface area contributed by atoms with Crippen molar-refractivity contribution in [1.29, 1.82) is 0 Å². The minimum Gasteiger partial charge on any atom is -0.454 e. The molecule has 1 aromatic carbocycles. The van der Waals surface area contributed by atoms with Gasteiger partial charge in [0.25, 0.3) is 0 Å². The van der Waals surface area contributed by atoms with Crippen LogP contribution < -0.4 is 9.47 Å². The second kappa shape index (κ2) is 7.61. The third-order valence-electron chi connectivity index (χ3n) is 4.89. The van der Waals surface area contributed by atoms with E-state index in [2.05, 4.69) is 4.98 Å². The first-order chi connectivity index (χ1) is 13.2. The molecule has 6 heteroatoms. The van der Waals surface area contributed by atoms with Gasteiger partial charge in [0.1, 0.15) is 0 Å². The SMILES string of the molecule is O=C(c1ccc2c(c1)OCO2)C1CCCN(C(=O)C=Cc2ccncc2)C1. The fourth-order valence-corrected chi connectivity index (χ4v) is 3.42. The monoisotopic (exact) mass is 364 g/mol. The Balaban J connectivity index is 1.42. The maximum atomic E-state index is 12.9. The summed E-state index contributed by atoms with van der Waals surface area (Å²) in [5.74, 6) is 1.04. The van der Waals surface area contributed by atoms with E-state index in [1.54, 1.807) is 47.6 Å². The number of Topliss-reactive ketones (excluding diaryl/α,β-unsaturated/α-hetero) is 1. The maximum absolute atomic E-state index is 12.9. The molecule has 0 spiro atoms. The number of carbonyl (C=O) groups excluding carboxylic acids is 2. The number of benzene rings is 1. The lowest BCUT2D eigenvalue weighted by atomic mass is 9.89. The van der Waals surface area contributed by atoms with Crippen LogP contribution in [-0.4, -0.2) is 41.5 Å². The van der Waals surface area contributed by atoms with Gasteiger partial charge in [-0.05, 0) is 54.8 Å². The van der Waals surface area contributed by atoms with Crippen molar-refractivity contribution in [1.82, 2.24) is 9.88 Å². The molecule has 2 aliphatic rings. The zero-order chi connectivity index (χ0) is 18.6. The number of hydrogen-bond donors (Lipinski definition) is 0. The largest absolute Gasteiger partial charge is 0.454 e. The standard InChI is InChI=1S/C21H20N2O4/c24-20(6-3-15-7-9-22-10-8-15)23-11-1-2-17(13-23)21(25)16-4-5-18-19(12-16)27-14-26-18/h3-10,12,17H,1-2,11,13-14H2. The van der Waals surface area contributed by atoms with Gasteiger partial charge in [-0.3, -0.25) is 14.6 Å². The molecule has 1 saturated heterocycles. The number of rotatable bonds is 4. The fraction of sp³-hybridized carbons (Fsp3) is 0.286. The molecular weight excluding hydrogens is 344 g/mol. The van der Waals surface area contributed by atoms with Gasteiger partial charge in [-0.25, -0.2) is 0 Å². The first-order valence-corrected chi connectivity index (χ1v) is 9.01. The van der Waals surface area contributed by atoms with Crippen molar-refractivity contribution in [2.24, 2.45) is 5.92 Å². The van der Waals surface area contributed by atoms with Crippen LogP contribution in [-0.2, 0) is 4.79 Å². The highest BCUT2D eigenvalue weighted by atomic mass is 16.7. The van der Waals surface area contributed by atoms with E-state index in [1.165, 1.54) is 0 Å². The first kappa shape index (κ1) is 17.3. The summed E-state index contributed by atoms with van der Waals surface area (Å²) in [6.45, 7) is 1.29.